The first-order valence-corrected chi connectivity index (χ1v) is 15.2. The van der Waals surface area contributed by atoms with E-state index in [4.69, 9.17) is 0 Å². The van der Waals surface area contributed by atoms with Crippen molar-refractivity contribution >= 4 is 81.1 Å². The molecule has 0 bridgehead atoms. The highest BCUT2D eigenvalue weighted by atomic mass is 32.2. The summed E-state index contributed by atoms with van der Waals surface area (Å²) >= 11 is 1.95. The Balaban J connectivity index is 1.36. The lowest BCUT2D eigenvalue weighted by Gasteiger charge is -2.53. The van der Waals surface area contributed by atoms with Crippen LogP contribution in [0, 0.1) is 0 Å². The first-order valence-electron chi connectivity index (χ1n) is 14.4. The summed E-state index contributed by atoms with van der Waals surface area (Å²) in [5.74, 6) is 0. The normalized spacial score (nSPS) is 15.0. The monoisotopic (exact) mass is 534 g/mol. The van der Waals surface area contributed by atoms with Crippen molar-refractivity contribution in [2.24, 2.45) is 0 Å². The molecule has 0 N–H and O–H groups in total. The van der Waals surface area contributed by atoms with Crippen molar-refractivity contribution in [1.29, 1.82) is 0 Å². The van der Waals surface area contributed by atoms with Crippen LogP contribution in [0.3, 0.4) is 0 Å². The molecule has 0 fully saturated rings. The standard InChI is InChI=1S/C36H20B2N2S/c1-2-9-21(10-3-1)39-28-15-8-16-30-32(28)37-33-29(39)19-17-24-22-11-4-6-13-26(22)38-27-14-7-5-12-23(27)25-18-20-31(41-30)34(37)36(25)40(38)35(24)33/h1-20H. The molecule has 5 heteroatoms. The maximum Gasteiger partial charge on any atom is 0.329 e. The summed E-state index contributed by atoms with van der Waals surface area (Å²) in [6, 6.07) is 45.6. The molecule has 0 saturated carbocycles. The van der Waals surface area contributed by atoms with E-state index >= 15 is 0 Å². The maximum atomic E-state index is 2.73. The minimum absolute atomic E-state index is 0.148. The smallest absolute Gasteiger partial charge is 0.329 e. The van der Waals surface area contributed by atoms with Gasteiger partial charge in [0.15, 0.2) is 0 Å². The Hall–Kier alpha value is -4.60. The first-order chi connectivity index (χ1) is 20.4. The summed E-state index contributed by atoms with van der Waals surface area (Å²) < 4.78 is 0. The first kappa shape index (κ1) is 21.2. The van der Waals surface area contributed by atoms with Crippen molar-refractivity contribution in [3.8, 4) is 22.3 Å². The van der Waals surface area contributed by atoms with Crippen LogP contribution in [0.25, 0.3) is 22.3 Å². The van der Waals surface area contributed by atoms with Crippen molar-refractivity contribution in [2.45, 2.75) is 9.79 Å². The Morgan fingerprint density at radius 1 is 0.463 bits per heavy atom. The van der Waals surface area contributed by atoms with Crippen LogP contribution in [0.2, 0.25) is 0 Å². The molecule has 0 spiro atoms. The number of hydrogen-bond donors (Lipinski definition) is 0. The summed E-state index contributed by atoms with van der Waals surface area (Å²) in [7, 11) is 0. The van der Waals surface area contributed by atoms with Crippen LogP contribution in [-0.2, 0) is 0 Å². The highest BCUT2D eigenvalue weighted by molar-refractivity contribution is 8.00. The zero-order chi connectivity index (χ0) is 26.4. The van der Waals surface area contributed by atoms with Crippen LogP contribution in [0.15, 0.2) is 131 Å². The van der Waals surface area contributed by atoms with Gasteiger partial charge in [0, 0.05) is 49.4 Å². The molecule has 6 aromatic rings. The van der Waals surface area contributed by atoms with Gasteiger partial charge in [-0.05, 0) is 74.8 Å². The molecule has 6 aromatic carbocycles. The van der Waals surface area contributed by atoms with E-state index in [1.54, 1.807) is 0 Å². The summed E-state index contributed by atoms with van der Waals surface area (Å²) in [5, 5.41) is 0. The van der Waals surface area contributed by atoms with E-state index in [0.717, 1.165) is 0 Å². The number of anilines is 5. The van der Waals surface area contributed by atoms with Gasteiger partial charge in [0.05, 0.1) is 0 Å². The van der Waals surface area contributed by atoms with Gasteiger partial charge in [-0.15, -0.1) is 0 Å². The van der Waals surface area contributed by atoms with E-state index in [9.17, 15) is 0 Å². The predicted octanol–water partition coefficient (Wildman–Crippen LogP) is 5.67. The summed E-state index contributed by atoms with van der Waals surface area (Å²) in [6.07, 6.45) is 0. The quantitative estimate of drug-likeness (QED) is 0.251. The fourth-order valence-corrected chi connectivity index (χ4v) is 9.58. The van der Waals surface area contributed by atoms with E-state index < -0.39 is 0 Å². The van der Waals surface area contributed by atoms with Crippen molar-refractivity contribution < 1.29 is 0 Å². The number of fused-ring (bicyclic) bond motifs is 6. The minimum atomic E-state index is 0.148. The predicted molar refractivity (Wildman–Crippen MR) is 174 cm³/mol. The Bertz CT molecular complexity index is 2180. The summed E-state index contributed by atoms with van der Waals surface area (Å²) in [6.45, 7) is 0.361. The van der Waals surface area contributed by atoms with Gasteiger partial charge in [-0.25, -0.2) is 0 Å². The van der Waals surface area contributed by atoms with E-state index in [-0.39, 0.29) is 13.6 Å². The molecular formula is C36H20B2N2S. The molecule has 0 unspecified atom stereocenters. The molecule has 41 heavy (non-hydrogen) atoms. The van der Waals surface area contributed by atoms with Gasteiger partial charge >= 0.3 is 6.85 Å². The third kappa shape index (κ3) is 2.36. The number of benzene rings is 6. The average molecular weight is 534 g/mol. The molecule has 0 radical (unpaired) electrons. The Kier molecular flexibility index (Phi) is 3.71. The van der Waals surface area contributed by atoms with Crippen molar-refractivity contribution in [3.05, 3.63) is 121 Å². The van der Waals surface area contributed by atoms with E-state index in [1.807, 2.05) is 11.8 Å². The molecule has 5 heterocycles. The number of para-hydroxylation sites is 1. The molecule has 5 aliphatic heterocycles. The van der Waals surface area contributed by atoms with E-state index in [1.165, 1.54) is 87.8 Å². The molecule has 0 atom stereocenters. The molecule has 0 aromatic heterocycles. The van der Waals surface area contributed by atoms with Gasteiger partial charge in [-0.3, -0.25) is 0 Å². The average Bonchev–Trinajstić information content (AvgIpc) is 3.04. The van der Waals surface area contributed by atoms with Gasteiger partial charge in [0.1, 0.15) is 0 Å². The molecule has 0 aliphatic carbocycles. The summed E-state index contributed by atoms with van der Waals surface area (Å²) in [4.78, 5) is 8.01. The highest BCUT2D eigenvalue weighted by Gasteiger charge is 2.53. The van der Waals surface area contributed by atoms with Gasteiger partial charge in [0.25, 0.3) is 6.71 Å². The van der Waals surface area contributed by atoms with Gasteiger partial charge in [0.2, 0.25) is 0 Å². The van der Waals surface area contributed by atoms with E-state index in [0.29, 0.717) is 0 Å². The fourth-order valence-electron chi connectivity index (χ4n) is 8.41. The van der Waals surface area contributed by atoms with Crippen LogP contribution in [0.4, 0.5) is 28.4 Å². The number of nitrogens with zero attached hydrogens (tertiary/aromatic N) is 2. The second-order valence-corrected chi connectivity index (χ2v) is 12.7. The van der Waals surface area contributed by atoms with Gasteiger partial charge in [-0.1, -0.05) is 96.7 Å². The fraction of sp³-hybridized carbons (Fsp3) is 0. The van der Waals surface area contributed by atoms with Crippen molar-refractivity contribution in [1.82, 2.24) is 0 Å². The Morgan fingerprint density at radius 3 is 1.88 bits per heavy atom. The lowest BCUT2D eigenvalue weighted by molar-refractivity contribution is 1.24. The molecule has 11 rings (SSSR count). The lowest BCUT2D eigenvalue weighted by atomic mass is 9.30. The second kappa shape index (κ2) is 7.18. The third-order valence-electron chi connectivity index (χ3n) is 9.83. The Morgan fingerprint density at radius 2 is 1.10 bits per heavy atom. The van der Waals surface area contributed by atoms with Gasteiger partial charge < -0.3 is 9.71 Å². The highest BCUT2D eigenvalue weighted by Crippen LogP contribution is 2.53. The maximum absolute atomic E-state index is 2.73. The van der Waals surface area contributed by atoms with E-state index in [2.05, 4.69) is 131 Å². The number of hydrogen-bond acceptors (Lipinski definition) is 3. The topological polar surface area (TPSA) is 6.48 Å². The number of rotatable bonds is 1. The molecular weight excluding hydrogens is 514 g/mol. The second-order valence-electron chi connectivity index (χ2n) is 11.6. The molecule has 186 valence electrons. The minimum Gasteiger partial charge on any atom is -0.377 e. The molecule has 2 nitrogen and oxygen atoms in total. The zero-order valence-corrected chi connectivity index (χ0v) is 22.8. The largest absolute Gasteiger partial charge is 0.377 e. The van der Waals surface area contributed by atoms with Gasteiger partial charge in [-0.2, -0.15) is 0 Å². The van der Waals surface area contributed by atoms with Crippen LogP contribution >= 0.6 is 11.8 Å². The lowest BCUT2D eigenvalue weighted by Crippen LogP contribution is -2.70. The third-order valence-corrected chi connectivity index (χ3v) is 11.0. The van der Waals surface area contributed by atoms with Crippen LogP contribution in [-0.4, -0.2) is 13.6 Å². The SMILES string of the molecule is c1ccc(N2c3cccc4c3B3c5c(ccc6c5N5B(c7ccccc7-6)c6ccccc6-c6ccc2c3c65)S4)cc1. The van der Waals surface area contributed by atoms with Crippen molar-refractivity contribution in [3.63, 3.8) is 0 Å². The molecule has 5 aliphatic rings. The van der Waals surface area contributed by atoms with Crippen LogP contribution in [0.5, 0.6) is 0 Å². The molecule has 0 amide bonds. The summed E-state index contributed by atoms with van der Waals surface area (Å²) in [5.41, 5.74) is 19.3. The Labute approximate surface area is 243 Å². The van der Waals surface area contributed by atoms with Crippen molar-refractivity contribution in [2.75, 3.05) is 9.71 Å². The van der Waals surface area contributed by atoms with Crippen LogP contribution in [0.1, 0.15) is 0 Å². The zero-order valence-electron chi connectivity index (χ0n) is 22.0. The van der Waals surface area contributed by atoms with Crippen LogP contribution < -0.4 is 37.0 Å². The molecule has 0 saturated heterocycles.